The predicted molar refractivity (Wildman–Crippen MR) is 93.8 cm³/mol. The van der Waals surface area contributed by atoms with Crippen LogP contribution in [0.4, 0.5) is 0 Å². The third-order valence-corrected chi connectivity index (χ3v) is 4.30. The lowest BCUT2D eigenvalue weighted by atomic mass is 9.95. The average molecular weight is 333 g/mol. The van der Waals surface area contributed by atoms with E-state index in [-0.39, 0.29) is 11.3 Å². The summed E-state index contributed by atoms with van der Waals surface area (Å²) in [4.78, 5) is 32.3. The fraction of sp³-hybridized carbons (Fsp3) is 0.316. The van der Waals surface area contributed by atoms with Gasteiger partial charge in [0, 0.05) is 35.3 Å². The molecule has 0 bridgehead atoms. The minimum atomic E-state index is -0.113. The first-order chi connectivity index (χ1) is 11.9. The lowest BCUT2D eigenvalue weighted by molar-refractivity contribution is 0.0745. The molecule has 126 valence electrons. The number of hydrogen-bond acceptors (Lipinski definition) is 5. The Morgan fingerprint density at radius 2 is 1.92 bits per heavy atom. The molecule has 1 amide bonds. The molecule has 0 saturated heterocycles. The number of carbonyl (C=O) groups excluding carboxylic acids is 1. The number of rotatable bonds is 1. The highest BCUT2D eigenvalue weighted by molar-refractivity contribution is 5.94. The van der Waals surface area contributed by atoms with Crippen LogP contribution in [0.25, 0.3) is 11.0 Å². The van der Waals surface area contributed by atoms with Gasteiger partial charge in [-0.3, -0.25) is 4.79 Å². The fourth-order valence-electron chi connectivity index (χ4n) is 2.89. The molecule has 0 aromatic carbocycles. The second-order valence-corrected chi connectivity index (χ2v) is 7.32. The summed E-state index contributed by atoms with van der Waals surface area (Å²) in [6, 6.07) is 7.41. The Morgan fingerprint density at radius 1 is 1.08 bits per heavy atom. The minimum Gasteiger partial charge on any atom is -0.327 e. The van der Waals surface area contributed by atoms with Crippen LogP contribution in [0.3, 0.4) is 0 Å². The summed E-state index contributed by atoms with van der Waals surface area (Å²) in [5, 5.41) is 0.921. The van der Waals surface area contributed by atoms with Gasteiger partial charge in [-0.25, -0.2) is 19.9 Å². The van der Waals surface area contributed by atoms with Crippen LogP contribution >= 0.6 is 0 Å². The average Bonchev–Trinajstić information content (AvgIpc) is 3.03. The maximum atomic E-state index is 12.8. The van der Waals surface area contributed by atoms with E-state index < -0.39 is 0 Å². The van der Waals surface area contributed by atoms with E-state index in [1.54, 1.807) is 17.2 Å². The largest absolute Gasteiger partial charge is 0.327 e. The van der Waals surface area contributed by atoms with Crippen LogP contribution in [-0.2, 0) is 18.5 Å². The Kier molecular flexibility index (Phi) is 3.49. The summed E-state index contributed by atoms with van der Waals surface area (Å²) in [7, 11) is 0. The second kappa shape index (κ2) is 5.58. The van der Waals surface area contributed by atoms with E-state index in [9.17, 15) is 4.79 Å². The maximum absolute atomic E-state index is 12.8. The number of fused-ring (bicyclic) bond motifs is 2. The molecule has 4 rings (SSSR count). The van der Waals surface area contributed by atoms with Gasteiger partial charge in [-0.15, -0.1) is 0 Å². The van der Waals surface area contributed by atoms with Crippen molar-refractivity contribution in [1.29, 1.82) is 0 Å². The Hall–Kier alpha value is -2.89. The van der Waals surface area contributed by atoms with E-state index in [0.29, 0.717) is 24.4 Å². The highest BCUT2D eigenvalue weighted by Gasteiger charge is 2.28. The van der Waals surface area contributed by atoms with E-state index in [1.165, 1.54) is 0 Å². The van der Waals surface area contributed by atoms with Crippen LogP contribution in [0.1, 0.15) is 48.3 Å². The summed E-state index contributed by atoms with van der Waals surface area (Å²) in [6.45, 7) is 7.25. The number of hydrogen-bond donors (Lipinski definition) is 0. The van der Waals surface area contributed by atoms with Gasteiger partial charge in [0.25, 0.3) is 5.91 Å². The molecule has 0 saturated carbocycles. The molecule has 4 heterocycles. The van der Waals surface area contributed by atoms with Crippen molar-refractivity contribution < 1.29 is 4.79 Å². The van der Waals surface area contributed by atoms with E-state index in [4.69, 9.17) is 0 Å². The molecule has 0 atom stereocenters. The van der Waals surface area contributed by atoms with Gasteiger partial charge in [-0.05, 0) is 24.3 Å². The zero-order valence-corrected chi connectivity index (χ0v) is 14.5. The van der Waals surface area contributed by atoms with Gasteiger partial charge < -0.3 is 4.90 Å². The molecule has 6 nitrogen and oxygen atoms in total. The zero-order chi connectivity index (χ0) is 17.6. The smallest absolute Gasteiger partial charge is 0.273 e. The van der Waals surface area contributed by atoms with Gasteiger partial charge in [0.15, 0.2) is 5.65 Å². The monoisotopic (exact) mass is 333 g/mol. The molecule has 0 radical (unpaired) electrons. The van der Waals surface area contributed by atoms with E-state index in [0.717, 1.165) is 22.5 Å². The molecule has 6 heteroatoms. The topological polar surface area (TPSA) is 71.9 Å². The van der Waals surface area contributed by atoms with Gasteiger partial charge in [0.05, 0.1) is 12.2 Å². The normalized spacial score (nSPS) is 14.0. The lowest BCUT2D eigenvalue weighted by Crippen LogP contribution is -2.26. The quantitative estimate of drug-likeness (QED) is 0.685. The van der Waals surface area contributed by atoms with Crippen molar-refractivity contribution in [2.75, 3.05) is 0 Å². The summed E-state index contributed by atoms with van der Waals surface area (Å²) in [5.74, 6) is 0.691. The number of carbonyl (C=O) groups is 1. The molecule has 3 aromatic heterocycles. The van der Waals surface area contributed by atoms with Crippen molar-refractivity contribution in [3.8, 4) is 0 Å². The molecule has 0 N–H and O–H groups in total. The molecular formula is C19H19N5O. The minimum absolute atomic E-state index is 0.108. The van der Waals surface area contributed by atoms with Crippen LogP contribution in [0.15, 0.2) is 36.7 Å². The van der Waals surface area contributed by atoms with Crippen LogP contribution in [0, 0.1) is 0 Å². The van der Waals surface area contributed by atoms with Gasteiger partial charge in [-0.2, -0.15) is 0 Å². The van der Waals surface area contributed by atoms with Crippen LogP contribution in [0.2, 0.25) is 0 Å². The van der Waals surface area contributed by atoms with Crippen LogP contribution in [0.5, 0.6) is 0 Å². The summed E-state index contributed by atoms with van der Waals surface area (Å²) in [5.41, 5.74) is 2.80. The molecule has 1 aliphatic heterocycles. The van der Waals surface area contributed by atoms with Gasteiger partial charge in [0.2, 0.25) is 0 Å². The first kappa shape index (κ1) is 15.6. The predicted octanol–water partition coefficient (Wildman–Crippen LogP) is 2.87. The number of amides is 1. The first-order valence-corrected chi connectivity index (χ1v) is 8.28. The third-order valence-electron chi connectivity index (χ3n) is 4.30. The molecule has 0 unspecified atom stereocenters. The Labute approximate surface area is 146 Å². The van der Waals surface area contributed by atoms with Crippen molar-refractivity contribution in [3.63, 3.8) is 0 Å². The summed E-state index contributed by atoms with van der Waals surface area (Å²) >= 11 is 0. The summed E-state index contributed by atoms with van der Waals surface area (Å²) in [6.07, 6.45) is 3.52. The fourth-order valence-corrected chi connectivity index (χ4v) is 2.89. The van der Waals surface area contributed by atoms with Gasteiger partial charge >= 0.3 is 0 Å². The second-order valence-electron chi connectivity index (χ2n) is 7.32. The maximum Gasteiger partial charge on any atom is 0.273 e. The molecule has 25 heavy (non-hydrogen) atoms. The molecule has 1 aliphatic rings. The van der Waals surface area contributed by atoms with Gasteiger partial charge in [0.1, 0.15) is 11.5 Å². The van der Waals surface area contributed by atoms with Crippen molar-refractivity contribution in [1.82, 2.24) is 24.8 Å². The van der Waals surface area contributed by atoms with Crippen molar-refractivity contribution in [2.24, 2.45) is 0 Å². The van der Waals surface area contributed by atoms with E-state index >= 15 is 0 Å². The standard InChI is InChI=1S/C19H19N5O/c1-19(2,3)18-21-9-13-10-24(11-15(13)23-18)17(25)14-7-6-12-5-4-8-20-16(12)22-14/h4-9H,10-11H2,1-3H3. The number of pyridine rings is 2. The Balaban J connectivity index is 1.61. The lowest BCUT2D eigenvalue weighted by Gasteiger charge is -2.16. The SMILES string of the molecule is CC(C)(C)c1ncc2c(n1)CN(C(=O)c1ccc3cccnc3n1)C2. The molecular weight excluding hydrogens is 314 g/mol. The molecule has 0 spiro atoms. The first-order valence-electron chi connectivity index (χ1n) is 8.28. The molecule has 0 aliphatic carbocycles. The van der Waals surface area contributed by atoms with E-state index in [2.05, 4.69) is 40.7 Å². The van der Waals surface area contributed by atoms with Gasteiger partial charge in [-0.1, -0.05) is 20.8 Å². The number of aromatic nitrogens is 4. The highest BCUT2D eigenvalue weighted by atomic mass is 16.2. The Morgan fingerprint density at radius 3 is 2.72 bits per heavy atom. The highest BCUT2D eigenvalue weighted by Crippen LogP contribution is 2.25. The number of nitrogens with zero attached hydrogens (tertiary/aromatic N) is 5. The third kappa shape index (κ3) is 2.84. The molecule has 3 aromatic rings. The summed E-state index contributed by atoms with van der Waals surface area (Å²) < 4.78 is 0. The zero-order valence-electron chi connectivity index (χ0n) is 14.5. The molecule has 0 fully saturated rings. The Bertz CT molecular complexity index is 977. The van der Waals surface area contributed by atoms with Crippen LogP contribution in [-0.4, -0.2) is 30.7 Å². The van der Waals surface area contributed by atoms with Crippen molar-refractivity contribution >= 4 is 16.9 Å². The van der Waals surface area contributed by atoms with E-state index in [1.807, 2.05) is 24.4 Å². The van der Waals surface area contributed by atoms with Crippen LogP contribution < -0.4 is 0 Å². The van der Waals surface area contributed by atoms with Crippen molar-refractivity contribution in [3.05, 3.63) is 59.4 Å². The van der Waals surface area contributed by atoms with Crippen molar-refractivity contribution in [2.45, 2.75) is 39.3 Å².